The highest BCUT2D eigenvalue weighted by atomic mass is 127. The summed E-state index contributed by atoms with van der Waals surface area (Å²) < 4.78 is 1.09. The molecule has 0 aliphatic rings. The van der Waals surface area contributed by atoms with E-state index in [0.29, 0.717) is 11.9 Å². The molecule has 0 aliphatic heterocycles. The van der Waals surface area contributed by atoms with Crippen LogP contribution in [0.15, 0.2) is 24.3 Å². The van der Waals surface area contributed by atoms with Crippen LogP contribution in [0.3, 0.4) is 0 Å². The summed E-state index contributed by atoms with van der Waals surface area (Å²) in [7, 11) is 0. The van der Waals surface area contributed by atoms with E-state index >= 15 is 0 Å². The molecule has 106 valence electrons. The summed E-state index contributed by atoms with van der Waals surface area (Å²) in [5, 5.41) is 3.18. The molecule has 1 aromatic carbocycles. The van der Waals surface area contributed by atoms with Crippen LogP contribution in [0.4, 0.5) is 23.5 Å². The Balaban J connectivity index is 2.31. The largest absolute Gasteiger partial charge is 0.368 e. The van der Waals surface area contributed by atoms with Crippen LogP contribution in [0.2, 0.25) is 0 Å². The molecule has 1 heterocycles. The molecular formula is C13H17IN6. The first-order valence-electron chi connectivity index (χ1n) is 6.42. The van der Waals surface area contributed by atoms with E-state index in [-0.39, 0.29) is 5.95 Å². The number of halogens is 1. The van der Waals surface area contributed by atoms with Crippen LogP contribution in [0.25, 0.3) is 0 Å². The molecule has 0 aliphatic carbocycles. The number of nitrogens with two attached hydrogens (primary N) is 1. The maximum atomic E-state index is 5.77. The van der Waals surface area contributed by atoms with E-state index in [0.717, 1.165) is 22.3 Å². The molecule has 20 heavy (non-hydrogen) atoms. The maximum Gasteiger partial charge on any atom is 0.233 e. The van der Waals surface area contributed by atoms with E-state index < -0.39 is 0 Å². The lowest BCUT2D eigenvalue weighted by atomic mass is 10.3. The molecule has 0 bridgehead atoms. The van der Waals surface area contributed by atoms with Crippen molar-refractivity contribution in [3.63, 3.8) is 0 Å². The molecule has 0 fully saturated rings. The Morgan fingerprint density at radius 1 is 1.15 bits per heavy atom. The van der Waals surface area contributed by atoms with Gasteiger partial charge in [0.2, 0.25) is 17.8 Å². The van der Waals surface area contributed by atoms with Crippen LogP contribution in [0, 0.1) is 3.57 Å². The van der Waals surface area contributed by atoms with Crippen LogP contribution >= 0.6 is 22.6 Å². The monoisotopic (exact) mass is 384 g/mol. The first kappa shape index (κ1) is 14.8. The van der Waals surface area contributed by atoms with Crippen molar-refractivity contribution in [2.75, 3.05) is 29.0 Å². The average molecular weight is 384 g/mol. The fraction of sp³-hybridized carbons (Fsp3) is 0.308. The molecule has 0 atom stereocenters. The van der Waals surface area contributed by atoms with Gasteiger partial charge in [0.05, 0.1) is 5.69 Å². The summed E-state index contributed by atoms with van der Waals surface area (Å²) >= 11 is 2.26. The van der Waals surface area contributed by atoms with Gasteiger partial charge in [0, 0.05) is 16.7 Å². The van der Waals surface area contributed by atoms with Gasteiger partial charge in [0.25, 0.3) is 0 Å². The summed E-state index contributed by atoms with van der Waals surface area (Å²) in [6, 6.07) is 7.92. The predicted octanol–water partition coefficient (Wildman–Crippen LogP) is 2.65. The second-order valence-electron chi connectivity index (χ2n) is 4.09. The molecule has 0 unspecified atom stereocenters. The summed E-state index contributed by atoms with van der Waals surface area (Å²) in [5.41, 5.74) is 6.72. The zero-order valence-electron chi connectivity index (χ0n) is 11.5. The van der Waals surface area contributed by atoms with Crippen molar-refractivity contribution in [2.24, 2.45) is 0 Å². The fourth-order valence-electron chi connectivity index (χ4n) is 1.77. The topological polar surface area (TPSA) is 80.0 Å². The molecule has 0 spiro atoms. The number of nitrogen functional groups attached to an aromatic ring is 1. The van der Waals surface area contributed by atoms with Crippen molar-refractivity contribution in [3.05, 3.63) is 27.8 Å². The summed E-state index contributed by atoms with van der Waals surface area (Å²) in [5.74, 6) is 1.27. The average Bonchev–Trinajstić information content (AvgIpc) is 2.42. The minimum Gasteiger partial charge on any atom is -0.368 e. The Bertz CT molecular complexity index is 585. The number of aromatic nitrogens is 3. The number of hydrogen-bond acceptors (Lipinski definition) is 6. The molecule has 2 rings (SSSR count). The van der Waals surface area contributed by atoms with Crippen molar-refractivity contribution in [2.45, 2.75) is 13.8 Å². The van der Waals surface area contributed by atoms with Crippen molar-refractivity contribution in [3.8, 4) is 0 Å². The number of hydrogen-bond donors (Lipinski definition) is 2. The van der Waals surface area contributed by atoms with Crippen LogP contribution in [0.1, 0.15) is 13.8 Å². The van der Waals surface area contributed by atoms with Crippen LogP contribution in [0.5, 0.6) is 0 Å². The minimum absolute atomic E-state index is 0.218. The summed E-state index contributed by atoms with van der Waals surface area (Å²) in [4.78, 5) is 14.8. The number of anilines is 4. The predicted molar refractivity (Wildman–Crippen MR) is 90.2 cm³/mol. The van der Waals surface area contributed by atoms with E-state index in [4.69, 9.17) is 5.73 Å². The fourth-order valence-corrected chi connectivity index (χ4v) is 2.29. The van der Waals surface area contributed by atoms with Gasteiger partial charge in [0.15, 0.2) is 0 Å². The van der Waals surface area contributed by atoms with Crippen LogP contribution < -0.4 is 16.0 Å². The SMILES string of the molecule is CCN(CC)c1nc(N)nc(Nc2ccccc2I)n1. The van der Waals surface area contributed by atoms with Crippen LogP contribution in [-0.2, 0) is 0 Å². The number of nitrogens with zero attached hydrogens (tertiary/aromatic N) is 4. The summed E-state index contributed by atoms with van der Waals surface area (Å²) in [6.45, 7) is 5.75. The first-order chi connectivity index (χ1) is 9.63. The third-order valence-electron chi connectivity index (χ3n) is 2.81. The second kappa shape index (κ2) is 6.69. The van der Waals surface area contributed by atoms with Crippen molar-refractivity contribution in [1.29, 1.82) is 0 Å². The van der Waals surface area contributed by atoms with Crippen LogP contribution in [-0.4, -0.2) is 28.0 Å². The highest BCUT2D eigenvalue weighted by Crippen LogP contribution is 2.21. The first-order valence-corrected chi connectivity index (χ1v) is 7.50. The molecular weight excluding hydrogens is 367 g/mol. The Morgan fingerprint density at radius 3 is 2.50 bits per heavy atom. The maximum absolute atomic E-state index is 5.77. The number of para-hydroxylation sites is 1. The zero-order valence-corrected chi connectivity index (χ0v) is 13.6. The van der Waals surface area contributed by atoms with E-state index in [9.17, 15) is 0 Å². The molecule has 6 nitrogen and oxygen atoms in total. The molecule has 0 amide bonds. The quantitative estimate of drug-likeness (QED) is 0.772. The van der Waals surface area contributed by atoms with Gasteiger partial charge in [-0.05, 0) is 48.6 Å². The highest BCUT2D eigenvalue weighted by Gasteiger charge is 2.10. The van der Waals surface area contributed by atoms with Gasteiger partial charge in [0.1, 0.15) is 0 Å². The number of nitrogens with one attached hydrogen (secondary N) is 1. The van der Waals surface area contributed by atoms with Crippen molar-refractivity contribution >= 4 is 46.1 Å². The summed E-state index contributed by atoms with van der Waals surface area (Å²) in [6.07, 6.45) is 0. The lowest BCUT2D eigenvalue weighted by Crippen LogP contribution is -2.25. The Labute approximate surface area is 132 Å². The smallest absolute Gasteiger partial charge is 0.233 e. The van der Waals surface area contributed by atoms with E-state index in [2.05, 4.69) is 56.7 Å². The Hall–Kier alpha value is -1.64. The van der Waals surface area contributed by atoms with Crippen molar-refractivity contribution < 1.29 is 0 Å². The van der Waals surface area contributed by atoms with Crippen molar-refractivity contribution in [1.82, 2.24) is 15.0 Å². The van der Waals surface area contributed by atoms with E-state index in [1.54, 1.807) is 0 Å². The minimum atomic E-state index is 0.218. The number of benzene rings is 1. The van der Waals surface area contributed by atoms with Gasteiger partial charge < -0.3 is 16.0 Å². The molecule has 0 saturated heterocycles. The standard InChI is InChI=1S/C13H17IN6/c1-3-20(4-2)13-18-11(15)17-12(19-13)16-10-8-6-5-7-9(10)14/h5-8H,3-4H2,1-2H3,(H3,15,16,17,18,19). The van der Waals surface area contributed by atoms with Gasteiger partial charge in [-0.1, -0.05) is 12.1 Å². The molecule has 0 radical (unpaired) electrons. The Kier molecular flexibility index (Phi) is 4.94. The lowest BCUT2D eigenvalue weighted by Gasteiger charge is -2.19. The second-order valence-corrected chi connectivity index (χ2v) is 5.26. The molecule has 0 saturated carbocycles. The Morgan fingerprint density at radius 2 is 1.85 bits per heavy atom. The molecule has 3 N–H and O–H groups in total. The normalized spacial score (nSPS) is 10.3. The van der Waals surface area contributed by atoms with Gasteiger partial charge in [-0.3, -0.25) is 0 Å². The zero-order chi connectivity index (χ0) is 14.5. The highest BCUT2D eigenvalue weighted by molar-refractivity contribution is 14.1. The third-order valence-corrected chi connectivity index (χ3v) is 3.75. The van der Waals surface area contributed by atoms with Gasteiger partial charge in [-0.2, -0.15) is 15.0 Å². The van der Waals surface area contributed by atoms with Gasteiger partial charge in [-0.15, -0.1) is 0 Å². The number of rotatable bonds is 5. The lowest BCUT2D eigenvalue weighted by molar-refractivity contribution is 0.816. The van der Waals surface area contributed by atoms with Gasteiger partial charge >= 0.3 is 0 Å². The molecule has 1 aromatic heterocycles. The van der Waals surface area contributed by atoms with Gasteiger partial charge in [-0.25, -0.2) is 0 Å². The molecule has 7 heteroatoms. The third kappa shape index (κ3) is 3.47. The van der Waals surface area contributed by atoms with E-state index in [1.165, 1.54) is 0 Å². The van der Waals surface area contributed by atoms with E-state index in [1.807, 2.05) is 29.2 Å². The molecule has 2 aromatic rings.